The monoisotopic (exact) mass is 316 g/mol. The smallest absolute Gasteiger partial charge is 0.225 e. The first-order valence-electron chi connectivity index (χ1n) is 7.83. The van der Waals surface area contributed by atoms with Crippen LogP contribution in [0.25, 0.3) is 11.4 Å². The fourth-order valence-electron chi connectivity index (χ4n) is 2.66. The van der Waals surface area contributed by atoms with Crippen molar-refractivity contribution in [1.82, 2.24) is 20.1 Å². The number of carbonyl (C=O) groups excluding carboxylic acids is 1. The van der Waals surface area contributed by atoms with Gasteiger partial charge in [0, 0.05) is 30.0 Å². The first kappa shape index (κ1) is 15.6. The highest BCUT2D eigenvalue weighted by atomic mass is 19.1. The Morgan fingerprint density at radius 2 is 1.96 bits per heavy atom. The summed E-state index contributed by atoms with van der Waals surface area (Å²) in [7, 11) is 0. The SMILES string of the molecule is CC(C)(C)C(=O)NC1CCc2nnc(-c3ccc(F)cc3)n2C1. The molecule has 0 radical (unpaired) electrons. The Hall–Kier alpha value is -2.24. The minimum atomic E-state index is -0.409. The Bertz CT molecular complexity index is 715. The summed E-state index contributed by atoms with van der Waals surface area (Å²) in [5.41, 5.74) is 0.417. The van der Waals surface area contributed by atoms with Crippen molar-refractivity contribution in [2.75, 3.05) is 0 Å². The molecule has 1 amide bonds. The zero-order chi connectivity index (χ0) is 16.6. The lowest BCUT2D eigenvalue weighted by Gasteiger charge is -2.28. The third kappa shape index (κ3) is 3.25. The standard InChI is InChI=1S/C17H21FN4O/c1-17(2,3)16(23)19-13-8-9-14-20-21-15(22(14)10-13)11-4-6-12(18)7-5-11/h4-7,13H,8-10H2,1-3H3,(H,19,23). The highest BCUT2D eigenvalue weighted by Gasteiger charge is 2.28. The Kier molecular flexibility index (Phi) is 3.92. The van der Waals surface area contributed by atoms with Crippen LogP contribution in [0.4, 0.5) is 4.39 Å². The molecular weight excluding hydrogens is 295 g/mol. The van der Waals surface area contributed by atoms with E-state index >= 15 is 0 Å². The maximum atomic E-state index is 13.1. The maximum absolute atomic E-state index is 13.1. The van der Waals surface area contributed by atoms with E-state index in [2.05, 4.69) is 15.5 Å². The van der Waals surface area contributed by atoms with Gasteiger partial charge in [-0.25, -0.2) is 4.39 Å². The predicted molar refractivity (Wildman–Crippen MR) is 85.1 cm³/mol. The number of carbonyl (C=O) groups is 1. The van der Waals surface area contributed by atoms with E-state index < -0.39 is 5.41 Å². The van der Waals surface area contributed by atoms with Crippen LogP contribution in [0.2, 0.25) is 0 Å². The van der Waals surface area contributed by atoms with E-state index in [1.165, 1.54) is 12.1 Å². The molecule has 1 unspecified atom stereocenters. The number of fused-ring (bicyclic) bond motifs is 1. The molecule has 6 heteroatoms. The number of rotatable bonds is 2. The number of hydrogen-bond acceptors (Lipinski definition) is 3. The number of aromatic nitrogens is 3. The lowest BCUT2D eigenvalue weighted by atomic mass is 9.94. The molecule has 0 saturated carbocycles. The van der Waals surface area contributed by atoms with Gasteiger partial charge in [0.1, 0.15) is 11.6 Å². The lowest BCUT2D eigenvalue weighted by Crippen LogP contribution is -2.45. The quantitative estimate of drug-likeness (QED) is 0.926. The molecule has 0 fully saturated rings. The molecule has 23 heavy (non-hydrogen) atoms. The third-order valence-corrected chi connectivity index (χ3v) is 4.07. The van der Waals surface area contributed by atoms with E-state index in [1.807, 2.05) is 25.3 Å². The molecule has 5 nitrogen and oxygen atoms in total. The first-order chi connectivity index (χ1) is 10.8. The molecule has 2 aromatic rings. The molecule has 3 rings (SSSR count). The van der Waals surface area contributed by atoms with E-state index in [9.17, 15) is 9.18 Å². The van der Waals surface area contributed by atoms with E-state index in [4.69, 9.17) is 0 Å². The van der Waals surface area contributed by atoms with Crippen molar-refractivity contribution in [2.24, 2.45) is 5.41 Å². The van der Waals surface area contributed by atoms with Crippen molar-refractivity contribution in [3.05, 3.63) is 35.9 Å². The zero-order valence-electron chi connectivity index (χ0n) is 13.6. The summed E-state index contributed by atoms with van der Waals surface area (Å²) >= 11 is 0. The number of benzene rings is 1. The van der Waals surface area contributed by atoms with Crippen molar-refractivity contribution in [1.29, 1.82) is 0 Å². The summed E-state index contributed by atoms with van der Waals surface area (Å²) in [6, 6.07) is 6.29. The van der Waals surface area contributed by atoms with E-state index in [0.29, 0.717) is 6.54 Å². The third-order valence-electron chi connectivity index (χ3n) is 4.07. The van der Waals surface area contributed by atoms with E-state index in [0.717, 1.165) is 30.1 Å². The molecule has 1 atom stereocenters. The van der Waals surface area contributed by atoms with Gasteiger partial charge in [-0.15, -0.1) is 10.2 Å². The Labute approximate surface area is 134 Å². The van der Waals surface area contributed by atoms with Crippen LogP contribution in [-0.4, -0.2) is 26.7 Å². The van der Waals surface area contributed by atoms with E-state index in [1.54, 1.807) is 12.1 Å². The van der Waals surface area contributed by atoms with Crippen LogP contribution in [-0.2, 0) is 17.8 Å². The number of amides is 1. The molecule has 0 spiro atoms. The van der Waals surface area contributed by atoms with Gasteiger partial charge in [0.25, 0.3) is 0 Å². The molecule has 0 saturated heterocycles. The highest BCUT2D eigenvalue weighted by molar-refractivity contribution is 5.81. The normalized spacial score (nSPS) is 17.7. The van der Waals surface area contributed by atoms with Crippen LogP contribution in [0.15, 0.2) is 24.3 Å². The zero-order valence-corrected chi connectivity index (χ0v) is 13.6. The molecule has 1 aromatic carbocycles. The first-order valence-corrected chi connectivity index (χ1v) is 7.83. The Morgan fingerprint density at radius 3 is 2.61 bits per heavy atom. The molecule has 2 heterocycles. The van der Waals surface area contributed by atoms with Crippen LogP contribution in [0.5, 0.6) is 0 Å². The summed E-state index contributed by atoms with van der Waals surface area (Å²) in [5.74, 6) is 1.39. The number of nitrogens with one attached hydrogen (secondary N) is 1. The average Bonchev–Trinajstić information content (AvgIpc) is 2.90. The average molecular weight is 316 g/mol. The summed E-state index contributed by atoms with van der Waals surface area (Å²) in [6.07, 6.45) is 1.62. The van der Waals surface area contributed by atoms with Gasteiger partial charge >= 0.3 is 0 Å². The molecule has 1 aromatic heterocycles. The van der Waals surface area contributed by atoms with Crippen molar-refractivity contribution >= 4 is 5.91 Å². The van der Waals surface area contributed by atoms with Crippen molar-refractivity contribution < 1.29 is 9.18 Å². The second-order valence-corrected chi connectivity index (χ2v) is 7.02. The molecule has 0 aliphatic carbocycles. The molecule has 1 aliphatic rings. The number of nitrogens with zero attached hydrogens (tertiary/aromatic N) is 3. The van der Waals surface area contributed by atoms with Crippen LogP contribution >= 0.6 is 0 Å². The lowest BCUT2D eigenvalue weighted by molar-refractivity contribution is -0.129. The minimum Gasteiger partial charge on any atom is -0.351 e. The van der Waals surface area contributed by atoms with Gasteiger partial charge in [0.2, 0.25) is 5.91 Å². The summed E-state index contributed by atoms with van der Waals surface area (Å²) < 4.78 is 15.1. The topological polar surface area (TPSA) is 59.8 Å². The Balaban J connectivity index is 1.81. The second kappa shape index (κ2) is 5.76. The fourth-order valence-corrected chi connectivity index (χ4v) is 2.66. The molecule has 1 aliphatic heterocycles. The van der Waals surface area contributed by atoms with Crippen LogP contribution in [0, 0.1) is 11.2 Å². The molecule has 122 valence electrons. The van der Waals surface area contributed by atoms with Gasteiger partial charge in [-0.3, -0.25) is 4.79 Å². The molecule has 0 bridgehead atoms. The van der Waals surface area contributed by atoms with Gasteiger partial charge < -0.3 is 9.88 Å². The summed E-state index contributed by atoms with van der Waals surface area (Å²) in [5, 5.41) is 11.6. The van der Waals surface area contributed by atoms with Gasteiger partial charge in [0.05, 0.1) is 0 Å². The maximum Gasteiger partial charge on any atom is 0.225 e. The van der Waals surface area contributed by atoms with Gasteiger partial charge in [0.15, 0.2) is 5.82 Å². The van der Waals surface area contributed by atoms with E-state index in [-0.39, 0.29) is 17.8 Å². The van der Waals surface area contributed by atoms with Gasteiger partial charge in [-0.2, -0.15) is 0 Å². The molecular formula is C17H21FN4O. The fraction of sp³-hybridized carbons (Fsp3) is 0.471. The van der Waals surface area contributed by atoms with Gasteiger partial charge in [-0.1, -0.05) is 20.8 Å². The minimum absolute atomic E-state index is 0.0438. The highest BCUT2D eigenvalue weighted by Crippen LogP contribution is 2.24. The number of hydrogen-bond donors (Lipinski definition) is 1. The number of halogens is 1. The van der Waals surface area contributed by atoms with Crippen molar-refractivity contribution in [3.63, 3.8) is 0 Å². The van der Waals surface area contributed by atoms with Crippen molar-refractivity contribution in [3.8, 4) is 11.4 Å². The Morgan fingerprint density at radius 1 is 1.26 bits per heavy atom. The second-order valence-electron chi connectivity index (χ2n) is 7.02. The predicted octanol–water partition coefficient (Wildman–Crippen LogP) is 2.56. The van der Waals surface area contributed by atoms with Gasteiger partial charge in [-0.05, 0) is 30.7 Å². The molecule has 1 N–H and O–H groups in total. The van der Waals surface area contributed by atoms with Crippen molar-refractivity contribution in [2.45, 2.75) is 46.2 Å². The van der Waals surface area contributed by atoms with Crippen LogP contribution in [0.3, 0.4) is 0 Å². The largest absolute Gasteiger partial charge is 0.351 e. The van der Waals surface area contributed by atoms with Crippen LogP contribution < -0.4 is 5.32 Å². The summed E-state index contributed by atoms with van der Waals surface area (Å²) in [6.45, 7) is 6.34. The number of aryl methyl sites for hydroxylation is 1. The van der Waals surface area contributed by atoms with Crippen LogP contribution in [0.1, 0.15) is 33.0 Å². The summed E-state index contributed by atoms with van der Waals surface area (Å²) in [4.78, 5) is 12.2.